The molecule has 0 bridgehead atoms. The minimum atomic E-state index is -4.50. The summed E-state index contributed by atoms with van der Waals surface area (Å²) >= 11 is 0. The summed E-state index contributed by atoms with van der Waals surface area (Å²) in [6.45, 7) is 2.95. The summed E-state index contributed by atoms with van der Waals surface area (Å²) in [7, 11) is 1.62. The average Bonchev–Trinajstić information content (AvgIpc) is 3.17. The Bertz CT molecular complexity index is 1100. The van der Waals surface area contributed by atoms with Gasteiger partial charge in [0.25, 0.3) is 5.91 Å². The highest BCUT2D eigenvalue weighted by Gasteiger charge is 2.31. The Morgan fingerprint density at radius 1 is 1.12 bits per heavy atom. The van der Waals surface area contributed by atoms with E-state index in [1.807, 2.05) is 37.3 Å². The van der Waals surface area contributed by atoms with Crippen LogP contribution in [0.5, 0.6) is 0 Å². The van der Waals surface area contributed by atoms with Gasteiger partial charge in [-0.2, -0.15) is 18.3 Å². The van der Waals surface area contributed by atoms with Gasteiger partial charge >= 0.3 is 12.1 Å². The first kappa shape index (κ1) is 23.0. The highest BCUT2D eigenvalue weighted by atomic mass is 19.4. The standard InChI is InChI=1S/C22H21F3N4O3/c1-14(16-7-5-4-6-8-16)28(3)20(30)13-32-21(31)18-12-27-29(15(18)2)19-10-9-17(11-26-19)22(23,24)25/h4-12,14H,13H2,1-3H3/t14-/m0/s1. The zero-order valence-corrected chi connectivity index (χ0v) is 17.6. The molecule has 10 heteroatoms. The molecule has 1 atom stereocenters. The van der Waals surface area contributed by atoms with E-state index < -0.39 is 24.3 Å². The van der Waals surface area contributed by atoms with Crippen molar-refractivity contribution >= 4 is 11.9 Å². The number of rotatable bonds is 6. The van der Waals surface area contributed by atoms with E-state index >= 15 is 0 Å². The summed E-state index contributed by atoms with van der Waals surface area (Å²) in [6.07, 6.45) is -2.59. The summed E-state index contributed by atoms with van der Waals surface area (Å²) < 4.78 is 44.5. The second kappa shape index (κ2) is 9.21. The van der Waals surface area contributed by atoms with Gasteiger partial charge in [-0.05, 0) is 31.5 Å². The highest BCUT2D eigenvalue weighted by molar-refractivity contribution is 5.92. The molecule has 32 heavy (non-hydrogen) atoms. The monoisotopic (exact) mass is 446 g/mol. The maximum atomic E-state index is 12.7. The number of aromatic nitrogens is 3. The summed E-state index contributed by atoms with van der Waals surface area (Å²) in [5, 5.41) is 4.01. The number of hydrogen-bond donors (Lipinski definition) is 0. The number of likely N-dealkylation sites (N-methyl/N-ethyl adjacent to an activating group) is 1. The van der Waals surface area contributed by atoms with Crippen molar-refractivity contribution in [1.29, 1.82) is 0 Å². The number of pyridine rings is 1. The van der Waals surface area contributed by atoms with Crippen molar-refractivity contribution in [2.45, 2.75) is 26.1 Å². The molecule has 0 N–H and O–H groups in total. The van der Waals surface area contributed by atoms with Crippen molar-refractivity contribution in [3.05, 3.63) is 77.2 Å². The zero-order valence-electron chi connectivity index (χ0n) is 17.6. The highest BCUT2D eigenvalue weighted by Crippen LogP contribution is 2.29. The van der Waals surface area contributed by atoms with Gasteiger partial charge in [-0.25, -0.2) is 14.5 Å². The summed E-state index contributed by atoms with van der Waals surface area (Å²) in [5.74, 6) is -1.04. The number of carbonyl (C=O) groups is 2. The SMILES string of the molecule is Cc1c(C(=O)OCC(=O)N(C)[C@@H](C)c2ccccc2)cnn1-c1ccc(C(F)(F)F)cn1. The molecule has 0 fully saturated rings. The zero-order chi connectivity index (χ0) is 23.5. The molecule has 0 aliphatic carbocycles. The van der Waals surface area contributed by atoms with Crippen molar-refractivity contribution in [2.75, 3.05) is 13.7 Å². The van der Waals surface area contributed by atoms with Crippen molar-refractivity contribution in [3.8, 4) is 5.82 Å². The van der Waals surface area contributed by atoms with Gasteiger partial charge in [-0.1, -0.05) is 30.3 Å². The second-order valence-electron chi connectivity index (χ2n) is 7.13. The van der Waals surface area contributed by atoms with Crippen LogP contribution in [0.25, 0.3) is 5.82 Å². The van der Waals surface area contributed by atoms with Crippen LogP contribution in [0.2, 0.25) is 0 Å². The van der Waals surface area contributed by atoms with Gasteiger partial charge in [0.05, 0.1) is 23.5 Å². The molecular weight excluding hydrogens is 425 g/mol. The van der Waals surface area contributed by atoms with E-state index in [1.54, 1.807) is 14.0 Å². The number of benzene rings is 1. The molecule has 0 spiro atoms. The van der Waals surface area contributed by atoms with Crippen LogP contribution in [0, 0.1) is 6.92 Å². The molecule has 0 aliphatic heterocycles. The maximum absolute atomic E-state index is 12.7. The number of nitrogens with zero attached hydrogens (tertiary/aromatic N) is 4. The van der Waals surface area contributed by atoms with E-state index in [9.17, 15) is 22.8 Å². The Labute approximate surface area is 182 Å². The lowest BCUT2D eigenvalue weighted by molar-refractivity contribution is -0.138. The Morgan fingerprint density at radius 2 is 1.81 bits per heavy atom. The van der Waals surface area contributed by atoms with Gasteiger partial charge in [-0.3, -0.25) is 4.79 Å². The third-order valence-electron chi connectivity index (χ3n) is 5.10. The molecule has 7 nitrogen and oxygen atoms in total. The summed E-state index contributed by atoms with van der Waals surface area (Å²) in [4.78, 5) is 30.1. The fourth-order valence-electron chi connectivity index (χ4n) is 3.00. The average molecular weight is 446 g/mol. The smallest absolute Gasteiger partial charge is 0.417 e. The summed E-state index contributed by atoms with van der Waals surface area (Å²) in [6, 6.07) is 11.2. The minimum absolute atomic E-state index is 0.0817. The lowest BCUT2D eigenvalue weighted by Crippen LogP contribution is -2.33. The van der Waals surface area contributed by atoms with Crippen LogP contribution in [0.3, 0.4) is 0 Å². The van der Waals surface area contributed by atoms with Crippen LogP contribution in [-0.2, 0) is 15.7 Å². The number of esters is 1. The van der Waals surface area contributed by atoms with Crippen LogP contribution in [0.15, 0.2) is 54.9 Å². The molecule has 3 rings (SSSR count). The van der Waals surface area contributed by atoms with Gasteiger partial charge in [0, 0.05) is 13.2 Å². The molecule has 1 aromatic carbocycles. The molecular formula is C22H21F3N4O3. The van der Waals surface area contributed by atoms with Crippen molar-refractivity contribution in [3.63, 3.8) is 0 Å². The third kappa shape index (κ3) is 4.96. The number of carbonyl (C=O) groups excluding carboxylic acids is 2. The number of amides is 1. The fraction of sp³-hybridized carbons (Fsp3) is 0.273. The molecule has 2 heterocycles. The van der Waals surface area contributed by atoms with Crippen LogP contribution >= 0.6 is 0 Å². The maximum Gasteiger partial charge on any atom is 0.417 e. The first-order valence-electron chi connectivity index (χ1n) is 9.65. The number of alkyl halides is 3. The molecule has 0 saturated carbocycles. The molecule has 0 aliphatic rings. The van der Waals surface area contributed by atoms with Gasteiger partial charge in [-0.15, -0.1) is 0 Å². The van der Waals surface area contributed by atoms with E-state index in [2.05, 4.69) is 10.1 Å². The minimum Gasteiger partial charge on any atom is -0.452 e. The summed E-state index contributed by atoms with van der Waals surface area (Å²) in [5.41, 5.74) is 0.452. The Kier molecular flexibility index (Phi) is 6.61. The van der Waals surface area contributed by atoms with E-state index in [1.165, 1.54) is 15.8 Å². The molecule has 0 saturated heterocycles. The van der Waals surface area contributed by atoms with E-state index in [0.29, 0.717) is 11.9 Å². The predicted octanol–water partition coefficient (Wildman–Crippen LogP) is 3.97. The quantitative estimate of drug-likeness (QED) is 0.536. The first-order chi connectivity index (χ1) is 15.1. The predicted molar refractivity (Wildman–Crippen MR) is 109 cm³/mol. The third-order valence-corrected chi connectivity index (χ3v) is 5.10. The van der Waals surface area contributed by atoms with Crippen molar-refractivity contribution in [1.82, 2.24) is 19.7 Å². The molecule has 168 valence electrons. The second-order valence-corrected chi connectivity index (χ2v) is 7.13. The molecule has 1 amide bonds. The number of ether oxygens (including phenoxy) is 1. The van der Waals surface area contributed by atoms with E-state index in [0.717, 1.165) is 17.7 Å². The Balaban J connectivity index is 1.65. The normalized spacial score (nSPS) is 12.3. The van der Waals surface area contributed by atoms with Gasteiger partial charge in [0.2, 0.25) is 0 Å². The van der Waals surface area contributed by atoms with Crippen LogP contribution in [-0.4, -0.2) is 45.2 Å². The van der Waals surface area contributed by atoms with Crippen molar-refractivity contribution < 1.29 is 27.5 Å². The fourth-order valence-corrected chi connectivity index (χ4v) is 3.00. The topological polar surface area (TPSA) is 77.3 Å². The largest absolute Gasteiger partial charge is 0.452 e. The van der Waals surface area contributed by atoms with Gasteiger partial charge < -0.3 is 9.64 Å². The molecule has 2 aromatic heterocycles. The van der Waals surface area contributed by atoms with Crippen LogP contribution < -0.4 is 0 Å². The van der Waals surface area contributed by atoms with E-state index in [-0.39, 0.29) is 23.3 Å². The van der Waals surface area contributed by atoms with Crippen molar-refractivity contribution in [2.24, 2.45) is 0 Å². The molecule has 0 unspecified atom stereocenters. The molecule has 0 radical (unpaired) electrons. The lowest BCUT2D eigenvalue weighted by Gasteiger charge is -2.25. The number of halogens is 3. The first-order valence-corrected chi connectivity index (χ1v) is 9.65. The molecule has 3 aromatic rings. The van der Waals surface area contributed by atoms with E-state index in [4.69, 9.17) is 4.74 Å². The van der Waals surface area contributed by atoms with Crippen LogP contribution in [0.4, 0.5) is 13.2 Å². The van der Waals surface area contributed by atoms with Crippen LogP contribution in [0.1, 0.15) is 40.1 Å². The number of hydrogen-bond acceptors (Lipinski definition) is 5. The van der Waals surface area contributed by atoms with Gasteiger partial charge in [0.1, 0.15) is 5.56 Å². The Hall–Kier alpha value is -3.69. The Morgan fingerprint density at radius 3 is 2.41 bits per heavy atom. The van der Waals surface area contributed by atoms with Gasteiger partial charge in [0.15, 0.2) is 12.4 Å². The lowest BCUT2D eigenvalue weighted by atomic mass is 10.1.